The van der Waals surface area contributed by atoms with Crippen molar-refractivity contribution in [1.82, 2.24) is 14.6 Å². The summed E-state index contributed by atoms with van der Waals surface area (Å²) in [5, 5.41) is 3.85. The quantitative estimate of drug-likeness (QED) is 0.688. The molecule has 0 aromatic carbocycles. The summed E-state index contributed by atoms with van der Waals surface area (Å²) in [6, 6.07) is 3.28. The summed E-state index contributed by atoms with van der Waals surface area (Å²) in [6.45, 7) is 1.81. The Morgan fingerprint density at radius 3 is 2.79 bits per heavy atom. The van der Waals surface area contributed by atoms with Crippen molar-refractivity contribution in [3.05, 3.63) is 28.7 Å². The van der Waals surface area contributed by atoms with E-state index in [0.717, 1.165) is 5.56 Å². The minimum Gasteiger partial charge on any atom is -0.206 e. The average molecular weight is 218 g/mol. The highest BCUT2D eigenvalue weighted by molar-refractivity contribution is 6.29. The lowest BCUT2D eigenvalue weighted by atomic mass is 10.3. The Bertz CT molecular complexity index is 481. The number of nitrogens with zero attached hydrogens (tertiary/aromatic N) is 3. The van der Waals surface area contributed by atoms with Crippen molar-refractivity contribution < 1.29 is 8.78 Å². The molecular weight excluding hydrogens is 212 g/mol. The molecule has 0 radical (unpaired) electrons. The van der Waals surface area contributed by atoms with Crippen molar-refractivity contribution in [2.75, 3.05) is 0 Å². The van der Waals surface area contributed by atoms with Gasteiger partial charge in [-0.25, -0.2) is 18.3 Å². The van der Waals surface area contributed by atoms with E-state index in [1.165, 1.54) is 4.52 Å². The van der Waals surface area contributed by atoms with E-state index in [4.69, 9.17) is 11.6 Å². The van der Waals surface area contributed by atoms with Gasteiger partial charge < -0.3 is 0 Å². The van der Waals surface area contributed by atoms with Gasteiger partial charge in [0.05, 0.1) is 0 Å². The van der Waals surface area contributed by atoms with Crippen LogP contribution in [0.25, 0.3) is 5.65 Å². The number of fused-ring (bicyclic) bond motifs is 1. The molecule has 0 aliphatic heterocycles. The highest BCUT2D eigenvalue weighted by Gasteiger charge is 2.15. The zero-order valence-corrected chi connectivity index (χ0v) is 7.96. The van der Waals surface area contributed by atoms with E-state index in [1.54, 1.807) is 12.1 Å². The maximum atomic E-state index is 12.3. The first kappa shape index (κ1) is 9.33. The molecule has 0 fully saturated rings. The van der Waals surface area contributed by atoms with Crippen molar-refractivity contribution >= 4 is 17.2 Å². The van der Waals surface area contributed by atoms with Crippen molar-refractivity contribution in [1.29, 1.82) is 0 Å². The molecule has 0 saturated carbocycles. The molecule has 0 amide bonds. The van der Waals surface area contributed by atoms with Gasteiger partial charge in [0.2, 0.25) is 5.82 Å². The van der Waals surface area contributed by atoms with Crippen LogP contribution in [0.2, 0.25) is 5.15 Å². The average Bonchev–Trinajstić information content (AvgIpc) is 2.47. The SMILES string of the molecule is Cc1cc(Cl)n2nc(C(F)F)nc2c1. The van der Waals surface area contributed by atoms with E-state index in [0.29, 0.717) is 5.65 Å². The lowest BCUT2D eigenvalue weighted by molar-refractivity contribution is 0.140. The molecule has 2 aromatic heterocycles. The Morgan fingerprint density at radius 1 is 1.43 bits per heavy atom. The lowest BCUT2D eigenvalue weighted by Crippen LogP contribution is -1.91. The molecule has 74 valence electrons. The molecule has 0 aliphatic rings. The van der Waals surface area contributed by atoms with E-state index in [1.807, 2.05) is 6.92 Å². The maximum absolute atomic E-state index is 12.3. The fourth-order valence-corrected chi connectivity index (χ4v) is 1.47. The Balaban J connectivity index is 2.70. The zero-order chi connectivity index (χ0) is 10.3. The van der Waals surface area contributed by atoms with Crippen LogP contribution >= 0.6 is 11.6 Å². The molecule has 2 rings (SSSR count). The van der Waals surface area contributed by atoms with Crippen LogP contribution in [0.1, 0.15) is 17.8 Å². The standard InChI is InChI=1S/C8H6ClF2N3/c1-4-2-5(9)14-6(3-4)12-8(13-14)7(10)11/h2-3,7H,1H3. The molecular formula is C8H6ClF2N3. The Labute approximate surface area is 83.3 Å². The predicted molar refractivity (Wildman–Crippen MR) is 47.7 cm³/mol. The molecule has 2 heterocycles. The van der Waals surface area contributed by atoms with Crippen molar-refractivity contribution in [3.8, 4) is 0 Å². The smallest absolute Gasteiger partial charge is 0.206 e. The van der Waals surface area contributed by atoms with Crippen LogP contribution in [0.5, 0.6) is 0 Å². The second kappa shape index (κ2) is 3.16. The van der Waals surface area contributed by atoms with Gasteiger partial charge in [-0.05, 0) is 24.6 Å². The summed E-state index contributed by atoms with van der Waals surface area (Å²) < 4.78 is 25.7. The third-order valence-corrected chi connectivity index (χ3v) is 2.02. The second-order valence-electron chi connectivity index (χ2n) is 2.90. The number of pyridine rings is 1. The number of hydrogen-bond acceptors (Lipinski definition) is 2. The summed E-state index contributed by atoms with van der Waals surface area (Å²) in [4.78, 5) is 3.65. The monoisotopic (exact) mass is 217 g/mol. The molecule has 0 unspecified atom stereocenters. The van der Waals surface area contributed by atoms with Crippen LogP contribution in [0.4, 0.5) is 8.78 Å². The van der Waals surface area contributed by atoms with E-state index in [9.17, 15) is 8.78 Å². The zero-order valence-electron chi connectivity index (χ0n) is 7.21. The number of hydrogen-bond donors (Lipinski definition) is 0. The van der Waals surface area contributed by atoms with Crippen molar-refractivity contribution in [3.63, 3.8) is 0 Å². The van der Waals surface area contributed by atoms with Gasteiger partial charge in [0.25, 0.3) is 6.43 Å². The minimum atomic E-state index is -2.67. The second-order valence-corrected chi connectivity index (χ2v) is 3.28. The molecule has 3 nitrogen and oxygen atoms in total. The number of aromatic nitrogens is 3. The molecule has 6 heteroatoms. The van der Waals surface area contributed by atoms with Crippen LogP contribution in [0.15, 0.2) is 12.1 Å². The van der Waals surface area contributed by atoms with Gasteiger partial charge in [-0.2, -0.15) is 0 Å². The predicted octanol–water partition coefficient (Wildman–Crippen LogP) is 2.63. The van der Waals surface area contributed by atoms with Crippen molar-refractivity contribution in [2.45, 2.75) is 13.3 Å². The Kier molecular flexibility index (Phi) is 2.11. The third kappa shape index (κ3) is 1.43. The fourth-order valence-electron chi connectivity index (χ4n) is 1.18. The highest BCUT2D eigenvalue weighted by Crippen LogP contribution is 2.19. The molecule has 0 bridgehead atoms. The van der Waals surface area contributed by atoms with E-state index >= 15 is 0 Å². The van der Waals surface area contributed by atoms with E-state index < -0.39 is 12.2 Å². The summed E-state index contributed by atoms with van der Waals surface area (Å²) in [5.41, 5.74) is 1.20. The molecule has 0 N–H and O–H groups in total. The van der Waals surface area contributed by atoms with Crippen LogP contribution < -0.4 is 0 Å². The number of halogens is 3. The molecule has 0 spiro atoms. The third-order valence-electron chi connectivity index (χ3n) is 1.75. The largest absolute Gasteiger partial charge is 0.299 e. The Morgan fingerprint density at radius 2 is 2.14 bits per heavy atom. The summed E-state index contributed by atoms with van der Waals surface area (Å²) in [6.07, 6.45) is -2.67. The number of rotatable bonds is 1. The van der Waals surface area contributed by atoms with Crippen LogP contribution in [-0.4, -0.2) is 14.6 Å². The van der Waals surface area contributed by atoms with Gasteiger partial charge in [-0.15, -0.1) is 5.10 Å². The normalized spacial score (nSPS) is 11.5. The molecule has 0 atom stereocenters. The van der Waals surface area contributed by atoms with Gasteiger partial charge >= 0.3 is 0 Å². The molecule has 2 aromatic rings. The van der Waals surface area contributed by atoms with Crippen molar-refractivity contribution in [2.24, 2.45) is 0 Å². The molecule has 0 saturated heterocycles. The van der Waals surface area contributed by atoms with Gasteiger partial charge in [0.1, 0.15) is 5.15 Å². The maximum Gasteiger partial charge on any atom is 0.299 e. The minimum absolute atomic E-state index is 0.277. The fraction of sp³-hybridized carbons (Fsp3) is 0.250. The topological polar surface area (TPSA) is 30.2 Å². The van der Waals surface area contributed by atoms with E-state index in [2.05, 4.69) is 10.1 Å². The molecule has 14 heavy (non-hydrogen) atoms. The highest BCUT2D eigenvalue weighted by atomic mass is 35.5. The van der Waals surface area contributed by atoms with Gasteiger partial charge in [-0.1, -0.05) is 11.6 Å². The van der Waals surface area contributed by atoms with Gasteiger partial charge in [0.15, 0.2) is 5.65 Å². The summed E-state index contributed by atoms with van der Waals surface area (Å²) >= 11 is 5.80. The summed E-state index contributed by atoms with van der Waals surface area (Å²) in [5.74, 6) is -0.502. The molecule has 0 aliphatic carbocycles. The first-order chi connectivity index (χ1) is 6.58. The Hall–Kier alpha value is -1.23. The van der Waals surface area contributed by atoms with Gasteiger partial charge in [-0.3, -0.25) is 0 Å². The number of alkyl halides is 2. The van der Waals surface area contributed by atoms with Crippen LogP contribution in [0.3, 0.4) is 0 Å². The van der Waals surface area contributed by atoms with E-state index in [-0.39, 0.29) is 5.15 Å². The first-order valence-corrected chi connectivity index (χ1v) is 4.26. The van der Waals surface area contributed by atoms with Crippen LogP contribution in [0, 0.1) is 6.92 Å². The number of aryl methyl sites for hydroxylation is 1. The van der Waals surface area contributed by atoms with Gasteiger partial charge in [0, 0.05) is 0 Å². The first-order valence-electron chi connectivity index (χ1n) is 3.89. The lowest BCUT2D eigenvalue weighted by Gasteiger charge is -1.96. The van der Waals surface area contributed by atoms with Crippen LogP contribution in [-0.2, 0) is 0 Å². The summed E-state index contributed by atoms with van der Waals surface area (Å²) in [7, 11) is 0.